The second kappa shape index (κ2) is 11.1. The molecule has 0 aliphatic heterocycles. The molecule has 0 saturated carbocycles. The Morgan fingerprint density at radius 3 is 1.90 bits per heavy atom. The second-order valence-corrected chi connectivity index (χ2v) is 6.49. The summed E-state index contributed by atoms with van der Waals surface area (Å²) in [6.45, 7) is 10.1. The first-order chi connectivity index (χ1) is 14.4. The third kappa shape index (κ3) is 5.89. The number of nitrogens with one attached hydrogen (secondary N) is 1. The first-order valence-corrected chi connectivity index (χ1v) is 10.0. The molecule has 1 amide bonds. The van der Waals surface area contributed by atoms with E-state index in [0.717, 1.165) is 16.8 Å². The maximum absolute atomic E-state index is 12.6. The molecule has 0 aliphatic carbocycles. The molecule has 2 aromatic rings. The molecule has 30 heavy (non-hydrogen) atoms. The maximum atomic E-state index is 12.6. The molecular formula is C23H29NO6. The number of hydrogen-bond acceptors (Lipinski definition) is 6. The van der Waals surface area contributed by atoms with Gasteiger partial charge in [0.25, 0.3) is 5.91 Å². The molecule has 7 heteroatoms. The van der Waals surface area contributed by atoms with Crippen LogP contribution in [0.3, 0.4) is 0 Å². The fraction of sp³-hybridized carbons (Fsp3) is 0.391. The van der Waals surface area contributed by atoms with E-state index in [9.17, 15) is 9.59 Å². The molecule has 0 aromatic heterocycles. The molecule has 0 atom stereocenters. The quantitative estimate of drug-likeness (QED) is 0.583. The number of carbonyl (C=O) groups excluding carboxylic acids is 2. The van der Waals surface area contributed by atoms with Crippen molar-refractivity contribution in [2.24, 2.45) is 0 Å². The van der Waals surface area contributed by atoms with E-state index >= 15 is 0 Å². The van der Waals surface area contributed by atoms with E-state index in [1.165, 1.54) is 12.1 Å². The summed E-state index contributed by atoms with van der Waals surface area (Å²) in [7, 11) is 0. The SMILES string of the molecule is CCOc1cc(C(=O)OCC(=O)Nc2c(C)cccc2C)cc(OCC)c1OCC. The summed E-state index contributed by atoms with van der Waals surface area (Å²) >= 11 is 0. The Bertz CT molecular complexity index is 846. The number of benzene rings is 2. The second-order valence-electron chi connectivity index (χ2n) is 6.49. The average molecular weight is 415 g/mol. The fourth-order valence-corrected chi connectivity index (χ4v) is 2.91. The van der Waals surface area contributed by atoms with Crippen LogP contribution in [0.25, 0.3) is 0 Å². The van der Waals surface area contributed by atoms with E-state index < -0.39 is 18.5 Å². The van der Waals surface area contributed by atoms with Gasteiger partial charge in [0.15, 0.2) is 18.1 Å². The van der Waals surface area contributed by atoms with Gasteiger partial charge in [-0.1, -0.05) is 18.2 Å². The van der Waals surface area contributed by atoms with E-state index in [0.29, 0.717) is 37.1 Å². The molecule has 162 valence electrons. The first kappa shape index (κ1) is 23.1. The summed E-state index contributed by atoms with van der Waals surface area (Å²) in [5.74, 6) is 0.137. The van der Waals surface area contributed by atoms with Crippen LogP contribution in [-0.4, -0.2) is 38.3 Å². The van der Waals surface area contributed by atoms with Crippen LogP contribution in [0.5, 0.6) is 17.2 Å². The molecule has 0 bridgehead atoms. The Hall–Kier alpha value is -3.22. The monoisotopic (exact) mass is 415 g/mol. The zero-order valence-corrected chi connectivity index (χ0v) is 18.2. The zero-order chi connectivity index (χ0) is 22.1. The highest BCUT2D eigenvalue weighted by Crippen LogP contribution is 2.39. The van der Waals surface area contributed by atoms with Crippen molar-refractivity contribution in [2.75, 3.05) is 31.7 Å². The maximum Gasteiger partial charge on any atom is 0.338 e. The first-order valence-electron chi connectivity index (χ1n) is 10.0. The largest absolute Gasteiger partial charge is 0.490 e. The molecule has 1 N–H and O–H groups in total. The predicted octanol–water partition coefficient (Wildman–Crippen LogP) is 4.30. The Kier molecular flexibility index (Phi) is 8.53. The lowest BCUT2D eigenvalue weighted by Crippen LogP contribution is -2.22. The van der Waals surface area contributed by atoms with Gasteiger partial charge >= 0.3 is 5.97 Å². The molecule has 2 rings (SSSR count). The zero-order valence-electron chi connectivity index (χ0n) is 18.2. The number of para-hydroxylation sites is 1. The Morgan fingerprint density at radius 1 is 0.867 bits per heavy atom. The molecular weight excluding hydrogens is 386 g/mol. The molecule has 0 radical (unpaired) electrons. The smallest absolute Gasteiger partial charge is 0.338 e. The van der Waals surface area contributed by atoms with Gasteiger partial charge in [0.1, 0.15) is 0 Å². The van der Waals surface area contributed by atoms with Crippen LogP contribution in [0.1, 0.15) is 42.3 Å². The van der Waals surface area contributed by atoms with E-state index in [1.807, 2.05) is 52.8 Å². The van der Waals surface area contributed by atoms with Crippen molar-refractivity contribution in [2.45, 2.75) is 34.6 Å². The van der Waals surface area contributed by atoms with Crippen molar-refractivity contribution in [3.05, 3.63) is 47.0 Å². The third-order valence-electron chi connectivity index (χ3n) is 4.22. The molecule has 0 saturated heterocycles. The van der Waals surface area contributed by atoms with Gasteiger partial charge in [-0.05, 0) is 57.9 Å². The van der Waals surface area contributed by atoms with Gasteiger partial charge < -0.3 is 24.3 Å². The predicted molar refractivity (Wildman–Crippen MR) is 115 cm³/mol. The lowest BCUT2D eigenvalue weighted by Gasteiger charge is -2.17. The van der Waals surface area contributed by atoms with Gasteiger partial charge in [0, 0.05) is 5.69 Å². The summed E-state index contributed by atoms with van der Waals surface area (Å²) in [5, 5.41) is 2.79. The average Bonchev–Trinajstić information content (AvgIpc) is 2.71. The van der Waals surface area contributed by atoms with E-state index in [1.54, 1.807) is 0 Å². The minimum Gasteiger partial charge on any atom is -0.490 e. The molecule has 0 aliphatic rings. The highest BCUT2D eigenvalue weighted by atomic mass is 16.5. The molecule has 0 spiro atoms. The number of hydrogen-bond donors (Lipinski definition) is 1. The van der Waals surface area contributed by atoms with Gasteiger partial charge in [0.2, 0.25) is 5.75 Å². The van der Waals surface area contributed by atoms with Crippen molar-refractivity contribution in [1.82, 2.24) is 0 Å². The molecule has 0 unspecified atom stereocenters. The summed E-state index contributed by atoms with van der Waals surface area (Å²) in [6, 6.07) is 8.78. The topological polar surface area (TPSA) is 83.1 Å². The standard InChI is InChI=1S/C23H29NO6/c1-6-27-18-12-17(13-19(28-7-2)22(18)29-8-3)23(26)30-14-20(25)24-21-15(4)10-9-11-16(21)5/h9-13H,6-8,14H2,1-5H3,(H,24,25). The van der Waals surface area contributed by atoms with Crippen LogP contribution in [0.15, 0.2) is 30.3 Å². The fourth-order valence-electron chi connectivity index (χ4n) is 2.91. The van der Waals surface area contributed by atoms with E-state index in [-0.39, 0.29) is 5.56 Å². The molecule has 7 nitrogen and oxygen atoms in total. The number of anilines is 1. The van der Waals surface area contributed by atoms with Crippen LogP contribution in [0.2, 0.25) is 0 Å². The highest BCUT2D eigenvalue weighted by Gasteiger charge is 2.20. The van der Waals surface area contributed by atoms with Gasteiger partial charge in [-0.25, -0.2) is 4.79 Å². The van der Waals surface area contributed by atoms with E-state index in [2.05, 4.69) is 5.32 Å². The number of ether oxygens (including phenoxy) is 4. The summed E-state index contributed by atoms with van der Waals surface area (Å²) in [6.07, 6.45) is 0. The van der Waals surface area contributed by atoms with Crippen molar-refractivity contribution in [1.29, 1.82) is 0 Å². The van der Waals surface area contributed by atoms with Gasteiger partial charge in [-0.2, -0.15) is 0 Å². The molecule has 2 aromatic carbocycles. The highest BCUT2D eigenvalue weighted by molar-refractivity contribution is 5.97. The lowest BCUT2D eigenvalue weighted by atomic mass is 10.1. The Labute approximate surface area is 177 Å². The number of aryl methyl sites for hydroxylation is 2. The minimum atomic E-state index is -0.656. The summed E-state index contributed by atoms with van der Waals surface area (Å²) in [5.41, 5.74) is 2.80. The summed E-state index contributed by atoms with van der Waals surface area (Å²) in [4.78, 5) is 24.8. The van der Waals surface area contributed by atoms with Gasteiger partial charge in [-0.15, -0.1) is 0 Å². The van der Waals surface area contributed by atoms with E-state index in [4.69, 9.17) is 18.9 Å². The number of amides is 1. The number of rotatable bonds is 10. The van der Waals surface area contributed by atoms with Crippen LogP contribution < -0.4 is 19.5 Å². The van der Waals surface area contributed by atoms with Crippen molar-refractivity contribution < 1.29 is 28.5 Å². The van der Waals surface area contributed by atoms with Crippen LogP contribution in [-0.2, 0) is 9.53 Å². The number of carbonyl (C=O) groups is 2. The van der Waals surface area contributed by atoms with Crippen molar-refractivity contribution >= 4 is 17.6 Å². The molecule has 0 heterocycles. The Morgan fingerprint density at radius 2 is 1.40 bits per heavy atom. The lowest BCUT2D eigenvalue weighted by molar-refractivity contribution is -0.119. The molecule has 0 fully saturated rings. The number of esters is 1. The third-order valence-corrected chi connectivity index (χ3v) is 4.22. The van der Waals surface area contributed by atoms with Crippen LogP contribution in [0.4, 0.5) is 5.69 Å². The summed E-state index contributed by atoms with van der Waals surface area (Å²) < 4.78 is 22.0. The van der Waals surface area contributed by atoms with Crippen molar-refractivity contribution in [3.8, 4) is 17.2 Å². The normalized spacial score (nSPS) is 10.3. The van der Waals surface area contributed by atoms with Crippen molar-refractivity contribution in [3.63, 3.8) is 0 Å². The van der Waals surface area contributed by atoms with Gasteiger partial charge in [0.05, 0.1) is 25.4 Å². The van der Waals surface area contributed by atoms with Crippen LogP contribution >= 0.6 is 0 Å². The minimum absolute atomic E-state index is 0.213. The van der Waals surface area contributed by atoms with Crippen LogP contribution in [0, 0.1) is 13.8 Å². The Balaban J connectivity index is 2.14. The van der Waals surface area contributed by atoms with Gasteiger partial charge in [-0.3, -0.25) is 4.79 Å².